The van der Waals surface area contributed by atoms with Gasteiger partial charge in [0.15, 0.2) is 0 Å². The van der Waals surface area contributed by atoms with Crippen LogP contribution < -0.4 is 10.3 Å². The minimum Gasteiger partial charge on any atom is -0.494 e. The van der Waals surface area contributed by atoms with E-state index in [9.17, 15) is 4.79 Å². The second-order valence-corrected chi connectivity index (χ2v) is 6.79. The first-order valence-electron chi connectivity index (χ1n) is 8.19. The van der Waals surface area contributed by atoms with Crippen LogP contribution in [0.3, 0.4) is 0 Å². The van der Waals surface area contributed by atoms with Gasteiger partial charge in [-0.05, 0) is 47.2 Å². The van der Waals surface area contributed by atoms with Gasteiger partial charge in [-0.25, -0.2) is 4.98 Å². The Morgan fingerprint density at radius 2 is 2.07 bits per heavy atom. The zero-order valence-electron chi connectivity index (χ0n) is 14.7. The van der Waals surface area contributed by atoms with Crippen molar-refractivity contribution in [2.45, 2.75) is 17.8 Å². The molecule has 1 aromatic carbocycles. The summed E-state index contributed by atoms with van der Waals surface area (Å²) in [5.41, 5.74) is 3.00. The third-order valence-electron chi connectivity index (χ3n) is 3.98. The van der Waals surface area contributed by atoms with Gasteiger partial charge in [-0.2, -0.15) is 4.68 Å². The topological polar surface area (TPSA) is 87.2 Å². The molecule has 136 valence electrons. The normalized spacial score (nSPS) is 11.0. The molecule has 3 heterocycles. The van der Waals surface area contributed by atoms with Crippen molar-refractivity contribution in [1.29, 1.82) is 0 Å². The predicted molar refractivity (Wildman–Crippen MR) is 101 cm³/mol. The molecule has 0 atom stereocenters. The minimum atomic E-state index is -0.115. The van der Waals surface area contributed by atoms with E-state index in [-0.39, 0.29) is 5.56 Å². The SMILES string of the molecule is COc1ccc(C)cc1-n1nnnc1SCc1cc(=O)n2ccccc2n1. The maximum Gasteiger partial charge on any atom is 0.258 e. The second kappa shape index (κ2) is 7.20. The molecule has 0 aliphatic heterocycles. The molecule has 0 spiro atoms. The lowest BCUT2D eigenvalue weighted by atomic mass is 10.2. The summed E-state index contributed by atoms with van der Waals surface area (Å²) >= 11 is 1.40. The molecule has 0 fully saturated rings. The quantitative estimate of drug-likeness (QED) is 0.491. The first kappa shape index (κ1) is 17.2. The van der Waals surface area contributed by atoms with Crippen molar-refractivity contribution in [1.82, 2.24) is 29.6 Å². The molecule has 27 heavy (non-hydrogen) atoms. The summed E-state index contributed by atoms with van der Waals surface area (Å²) in [5.74, 6) is 1.15. The lowest BCUT2D eigenvalue weighted by Crippen LogP contribution is -2.14. The lowest BCUT2D eigenvalue weighted by molar-refractivity contribution is 0.410. The molecule has 4 rings (SSSR count). The minimum absolute atomic E-state index is 0.115. The van der Waals surface area contributed by atoms with Crippen LogP contribution in [0.4, 0.5) is 0 Å². The van der Waals surface area contributed by atoms with Gasteiger partial charge in [-0.15, -0.1) is 5.10 Å². The Bertz CT molecular complexity index is 1170. The second-order valence-electron chi connectivity index (χ2n) is 5.85. The molecular formula is C18H16N6O2S. The van der Waals surface area contributed by atoms with Crippen LogP contribution in [0.15, 0.2) is 58.6 Å². The van der Waals surface area contributed by atoms with Crippen LogP contribution >= 0.6 is 11.8 Å². The number of tetrazole rings is 1. The number of thioether (sulfide) groups is 1. The van der Waals surface area contributed by atoms with Crippen molar-refractivity contribution in [3.63, 3.8) is 0 Å². The predicted octanol–water partition coefficient (Wildman–Crippen LogP) is 2.28. The van der Waals surface area contributed by atoms with Gasteiger partial charge in [0.1, 0.15) is 17.1 Å². The highest BCUT2D eigenvalue weighted by Crippen LogP contribution is 2.28. The summed E-state index contributed by atoms with van der Waals surface area (Å²) in [7, 11) is 1.61. The third kappa shape index (κ3) is 3.41. The van der Waals surface area contributed by atoms with Gasteiger partial charge in [0.2, 0.25) is 5.16 Å². The van der Waals surface area contributed by atoms with E-state index in [2.05, 4.69) is 20.5 Å². The molecule has 0 saturated heterocycles. The van der Waals surface area contributed by atoms with Crippen LogP contribution in [-0.2, 0) is 5.75 Å². The highest BCUT2D eigenvalue weighted by Gasteiger charge is 2.14. The van der Waals surface area contributed by atoms with E-state index in [0.717, 1.165) is 11.3 Å². The Morgan fingerprint density at radius 1 is 1.19 bits per heavy atom. The summed E-state index contributed by atoms with van der Waals surface area (Å²) in [4.78, 5) is 16.7. The molecule has 0 aliphatic rings. The number of ether oxygens (including phenoxy) is 1. The maximum atomic E-state index is 12.2. The first-order valence-corrected chi connectivity index (χ1v) is 9.18. The van der Waals surface area contributed by atoms with Gasteiger partial charge < -0.3 is 4.74 Å². The van der Waals surface area contributed by atoms with Gasteiger partial charge in [0.25, 0.3) is 5.56 Å². The van der Waals surface area contributed by atoms with Crippen molar-refractivity contribution in [3.05, 3.63) is 70.3 Å². The van der Waals surface area contributed by atoms with Crippen LogP contribution in [0.2, 0.25) is 0 Å². The van der Waals surface area contributed by atoms with Gasteiger partial charge in [0.05, 0.1) is 12.8 Å². The number of rotatable bonds is 5. The molecule has 3 aromatic heterocycles. The number of pyridine rings is 1. The lowest BCUT2D eigenvalue weighted by Gasteiger charge is -2.10. The summed E-state index contributed by atoms with van der Waals surface area (Å²) < 4.78 is 8.56. The zero-order chi connectivity index (χ0) is 18.8. The van der Waals surface area contributed by atoms with Crippen LogP contribution in [0, 0.1) is 6.92 Å². The Kier molecular flexibility index (Phi) is 4.59. The number of benzene rings is 1. The monoisotopic (exact) mass is 380 g/mol. The molecule has 0 amide bonds. The molecular weight excluding hydrogens is 364 g/mol. The molecule has 0 saturated carbocycles. The van der Waals surface area contributed by atoms with Gasteiger partial charge in [-0.1, -0.05) is 23.9 Å². The van der Waals surface area contributed by atoms with Crippen molar-refractivity contribution in [2.75, 3.05) is 7.11 Å². The molecule has 0 radical (unpaired) electrons. The van der Waals surface area contributed by atoms with E-state index in [0.29, 0.717) is 28.0 Å². The average Bonchev–Trinajstić information content (AvgIpc) is 3.15. The Morgan fingerprint density at radius 3 is 2.93 bits per heavy atom. The molecule has 0 aliphatic carbocycles. The fraction of sp³-hybridized carbons (Fsp3) is 0.167. The first-order chi connectivity index (χ1) is 13.2. The summed E-state index contributed by atoms with van der Waals surface area (Å²) in [6.07, 6.45) is 1.70. The van der Waals surface area contributed by atoms with E-state index in [4.69, 9.17) is 4.74 Å². The van der Waals surface area contributed by atoms with Crippen LogP contribution in [0.1, 0.15) is 11.3 Å². The van der Waals surface area contributed by atoms with Gasteiger partial charge >= 0.3 is 0 Å². The Hall–Kier alpha value is -3.20. The number of hydrogen-bond donors (Lipinski definition) is 0. The van der Waals surface area contributed by atoms with E-state index in [1.165, 1.54) is 22.2 Å². The summed E-state index contributed by atoms with van der Waals surface area (Å²) in [6.45, 7) is 1.99. The van der Waals surface area contributed by atoms with Crippen LogP contribution in [0.25, 0.3) is 11.3 Å². The molecule has 0 N–H and O–H groups in total. The van der Waals surface area contributed by atoms with Gasteiger partial charge in [-0.3, -0.25) is 9.20 Å². The maximum absolute atomic E-state index is 12.2. The number of aryl methyl sites for hydroxylation is 1. The van der Waals surface area contributed by atoms with Crippen molar-refractivity contribution >= 4 is 17.4 Å². The number of aromatic nitrogens is 6. The Balaban J connectivity index is 1.64. The van der Waals surface area contributed by atoms with E-state index in [1.54, 1.807) is 30.1 Å². The number of fused-ring (bicyclic) bond motifs is 1. The van der Waals surface area contributed by atoms with E-state index < -0.39 is 0 Å². The molecule has 9 heteroatoms. The standard InChI is InChI=1S/C18H16N6O2S/c1-12-6-7-15(26-2)14(9-12)24-18(20-21-22-24)27-11-13-10-17(25)23-8-4-3-5-16(23)19-13/h3-10H,11H2,1-2H3. The highest BCUT2D eigenvalue weighted by atomic mass is 32.2. The van der Waals surface area contributed by atoms with Crippen molar-refractivity contribution < 1.29 is 4.74 Å². The number of hydrogen-bond acceptors (Lipinski definition) is 7. The third-order valence-corrected chi connectivity index (χ3v) is 4.93. The van der Waals surface area contributed by atoms with Gasteiger partial charge in [0, 0.05) is 18.0 Å². The van der Waals surface area contributed by atoms with Crippen LogP contribution in [0.5, 0.6) is 5.75 Å². The molecule has 4 aromatic rings. The van der Waals surface area contributed by atoms with E-state index >= 15 is 0 Å². The summed E-state index contributed by atoms with van der Waals surface area (Å²) in [5, 5.41) is 12.6. The highest BCUT2D eigenvalue weighted by molar-refractivity contribution is 7.98. The summed E-state index contributed by atoms with van der Waals surface area (Å²) in [6, 6.07) is 12.8. The Labute approximate surface area is 158 Å². The number of nitrogens with zero attached hydrogens (tertiary/aromatic N) is 6. The van der Waals surface area contributed by atoms with E-state index in [1.807, 2.05) is 31.2 Å². The van der Waals surface area contributed by atoms with Crippen molar-refractivity contribution in [3.8, 4) is 11.4 Å². The average molecular weight is 380 g/mol. The molecule has 8 nitrogen and oxygen atoms in total. The van der Waals surface area contributed by atoms with Crippen LogP contribution in [-0.4, -0.2) is 36.7 Å². The molecule has 0 unspecified atom stereocenters. The fourth-order valence-electron chi connectivity index (χ4n) is 2.70. The zero-order valence-corrected chi connectivity index (χ0v) is 15.6. The molecule has 0 bridgehead atoms. The fourth-order valence-corrected chi connectivity index (χ4v) is 3.48. The smallest absolute Gasteiger partial charge is 0.258 e. The largest absolute Gasteiger partial charge is 0.494 e. The van der Waals surface area contributed by atoms with Crippen molar-refractivity contribution in [2.24, 2.45) is 0 Å². The number of methoxy groups -OCH3 is 1.